The van der Waals surface area contributed by atoms with Gasteiger partial charge >= 0.3 is 6.18 Å². The topological polar surface area (TPSA) is 64.7 Å². The molecule has 2 rings (SSSR count). The first-order valence-electron chi connectivity index (χ1n) is 6.30. The Morgan fingerprint density at radius 1 is 1.23 bits per heavy atom. The van der Waals surface area contributed by atoms with Crippen LogP contribution in [-0.2, 0) is 28.9 Å². The van der Waals surface area contributed by atoms with Gasteiger partial charge in [-0.25, -0.2) is 0 Å². The molecule has 120 valence electrons. The molecule has 0 bridgehead atoms. The Labute approximate surface area is 124 Å². The van der Waals surface area contributed by atoms with E-state index < -0.39 is 11.7 Å². The first-order valence-corrected chi connectivity index (χ1v) is 6.30. The highest BCUT2D eigenvalue weighted by Gasteiger charge is 2.30. The maximum Gasteiger partial charge on any atom is 0.416 e. The number of alkyl halides is 3. The number of hydrogen-bond donors (Lipinski definition) is 1. The van der Waals surface area contributed by atoms with E-state index in [1.165, 1.54) is 19.2 Å². The van der Waals surface area contributed by atoms with E-state index >= 15 is 0 Å². The van der Waals surface area contributed by atoms with Crippen molar-refractivity contribution in [2.75, 3.05) is 13.9 Å². The van der Waals surface area contributed by atoms with Crippen LogP contribution in [0.2, 0.25) is 0 Å². The van der Waals surface area contributed by atoms with Crippen molar-refractivity contribution < 1.29 is 32.3 Å². The van der Waals surface area contributed by atoms with Crippen molar-refractivity contribution in [3.8, 4) is 11.3 Å². The Morgan fingerprint density at radius 2 is 1.91 bits per heavy atom. The minimum absolute atomic E-state index is 0.0489. The summed E-state index contributed by atoms with van der Waals surface area (Å²) in [7, 11) is 1.46. The minimum Gasteiger partial charge on any atom is -0.391 e. The maximum absolute atomic E-state index is 12.5. The number of aromatic nitrogens is 1. The average molecular weight is 317 g/mol. The van der Waals surface area contributed by atoms with Crippen molar-refractivity contribution in [3.63, 3.8) is 0 Å². The zero-order chi connectivity index (χ0) is 16.2. The van der Waals surface area contributed by atoms with E-state index in [9.17, 15) is 18.3 Å². The molecule has 0 saturated heterocycles. The fraction of sp³-hybridized carbons (Fsp3) is 0.357. The zero-order valence-corrected chi connectivity index (χ0v) is 11.7. The largest absolute Gasteiger partial charge is 0.416 e. The van der Waals surface area contributed by atoms with E-state index in [-0.39, 0.29) is 25.8 Å². The molecule has 2 aromatic rings. The van der Waals surface area contributed by atoms with Crippen LogP contribution in [0.25, 0.3) is 11.3 Å². The third-order valence-corrected chi connectivity index (χ3v) is 2.94. The van der Waals surface area contributed by atoms with Gasteiger partial charge in [0.05, 0.1) is 24.3 Å². The summed E-state index contributed by atoms with van der Waals surface area (Å²) in [5.74, 6) is 0.215. The van der Waals surface area contributed by atoms with Crippen molar-refractivity contribution in [2.24, 2.45) is 0 Å². The van der Waals surface area contributed by atoms with Crippen molar-refractivity contribution >= 4 is 0 Å². The molecular formula is C14H14F3NO4. The van der Waals surface area contributed by atoms with Gasteiger partial charge in [-0.15, -0.1) is 0 Å². The highest BCUT2D eigenvalue weighted by Crippen LogP contribution is 2.32. The Bertz CT molecular complexity index is 608. The third kappa shape index (κ3) is 3.65. The van der Waals surface area contributed by atoms with Gasteiger partial charge in [0.1, 0.15) is 12.5 Å². The molecule has 1 aromatic carbocycles. The lowest BCUT2D eigenvalue weighted by Crippen LogP contribution is -2.04. The van der Waals surface area contributed by atoms with E-state index in [0.29, 0.717) is 16.8 Å². The Morgan fingerprint density at radius 3 is 2.45 bits per heavy atom. The molecule has 5 nitrogen and oxygen atoms in total. The Hall–Kier alpha value is -1.90. The molecule has 0 unspecified atom stereocenters. The normalized spacial score (nSPS) is 11.9. The fourth-order valence-corrected chi connectivity index (χ4v) is 1.88. The van der Waals surface area contributed by atoms with Crippen molar-refractivity contribution in [1.82, 2.24) is 5.16 Å². The lowest BCUT2D eigenvalue weighted by molar-refractivity contribution is -0.137. The number of methoxy groups -OCH3 is 1. The predicted octanol–water partition coefficient (Wildman–Crippen LogP) is 2.97. The molecule has 0 fully saturated rings. The molecule has 8 heteroatoms. The number of benzene rings is 1. The van der Waals surface area contributed by atoms with Gasteiger partial charge in [0.15, 0.2) is 5.76 Å². The summed E-state index contributed by atoms with van der Waals surface area (Å²) in [4.78, 5) is 0. The summed E-state index contributed by atoms with van der Waals surface area (Å²) in [5, 5.41) is 13.2. The van der Waals surface area contributed by atoms with Gasteiger partial charge < -0.3 is 19.1 Å². The molecule has 0 spiro atoms. The van der Waals surface area contributed by atoms with Crippen LogP contribution in [0.1, 0.15) is 16.8 Å². The van der Waals surface area contributed by atoms with E-state index in [2.05, 4.69) is 5.16 Å². The second-order valence-corrected chi connectivity index (χ2v) is 4.43. The molecule has 0 aliphatic heterocycles. The number of rotatable bonds is 6. The van der Waals surface area contributed by atoms with Crippen LogP contribution in [0.4, 0.5) is 13.2 Å². The molecule has 1 N–H and O–H groups in total. The molecule has 1 aromatic heterocycles. The Kier molecular flexibility index (Phi) is 5.17. The number of aliphatic hydroxyl groups excluding tert-OH is 1. The number of halogens is 3. The van der Waals surface area contributed by atoms with Crippen LogP contribution in [0.15, 0.2) is 28.8 Å². The number of ether oxygens (including phenoxy) is 2. The van der Waals surface area contributed by atoms with E-state index in [4.69, 9.17) is 14.0 Å². The van der Waals surface area contributed by atoms with Crippen LogP contribution in [0, 0.1) is 0 Å². The van der Waals surface area contributed by atoms with Crippen molar-refractivity contribution in [1.29, 1.82) is 0 Å². The summed E-state index contributed by atoms with van der Waals surface area (Å²) in [6, 6.07) is 4.42. The van der Waals surface area contributed by atoms with Gasteiger partial charge in [0.2, 0.25) is 0 Å². The number of hydrogen-bond acceptors (Lipinski definition) is 5. The number of aliphatic hydroxyl groups is 1. The Balaban J connectivity index is 2.25. The predicted molar refractivity (Wildman–Crippen MR) is 69.5 cm³/mol. The quantitative estimate of drug-likeness (QED) is 0.655. The zero-order valence-electron chi connectivity index (χ0n) is 11.7. The lowest BCUT2D eigenvalue weighted by Gasteiger charge is -2.07. The summed E-state index contributed by atoms with van der Waals surface area (Å²) >= 11 is 0. The molecule has 1 heterocycles. The second kappa shape index (κ2) is 6.91. The monoisotopic (exact) mass is 317 g/mol. The van der Waals surface area contributed by atoms with Gasteiger partial charge in [0, 0.05) is 12.7 Å². The molecule has 0 aliphatic rings. The summed E-state index contributed by atoms with van der Waals surface area (Å²) in [6.07, 6.45) is -4.40. The van der Waals surface area contributed by atoms with Gasteiger partial charge in [-0.05, 0) is 12.1 Å². The van der Waals surface area contributed by atoms with Gasteiger partial charge in [-0.3, -0.25) is 0 Å². The number of nitrogens with zero attached hydrogens (tertiary/aromatic N) is 1. The van der Waals surface area contributed by atoms with Gasteiger partial charge in [-0.2, -0.15) is 13.2 Å². The lowest BCUT2D eigenvalue weighted by atomic mass is 10.1. The highest BCUT2D eigenvalue weighted by atomic mass is 19.4. The van der Waals surface area contributed by atoms with Crippen LogP contribution in [-0.4, -0.2) is 24.2 Å². The SMILES string of the molecule is COCOCc1noc(-c2ccc(C(F)(F)F)cc2)c1CO. The average Bonchev–Trinajstić information content (AvgIpc) is 2.89. The first kappa shape index (κ1) is 16.5. The van der Waals surface area contributed by atoms with Crippen molar-refractivity contribution in [2.45, 2.75) is 19.4 Å². The molecule has 0 aliphatic carbocycles. The summed E-state index contributed by atoms with van der Waals surface area (Å²) in [6.45, 7) is -0.257. The molecule has 22 heavy (non-hydrogen) atoms. The van der Waals surface area contributed by atoms with E-state index in [1.54, 1.807) is 0 Å². The fourth-order valence-electron chi connectivity index (χ4n) is 1.88. The minimum atomic E-state index is -4.40. The molecular weight excluding hydrogens is 303 g/mol. The smallest absolute Gasteiger partial charge is 0.391 e. The van der Waals surface area contributed by atoms with E-state index in [0.717, 1.165) is 12.1 Å². The van der Waals surface area contributed by atoms with Crippen LogP contribution < -0.4 is 0 Å². The molecule has 0 amide bonds. The first-order chi connectivity index (χ1) is 10.5. The molecule has 0 saturated carbocycles. The standard InChI is InChI=1S/C14H14F3NO4/c1-20-8-21-7-12-11(6-19)13(22-18-12)9-2-4-10(5-3-9)14(15,16)17/h2-5,19H,6-8H2,1H3. The van der Waals surface area contributed by atoms with Crippen LogP contribution in [0.5, 0.6) is 0 Å². The van der Waals surface area contributed by atoms with Gasteiger partial charge in [0.25, 0.3) is 0 Å². The summed E-state index contributed by atoms with van der Waals surface area (Å²) < 4.78 is 52.6. The summed E-state index contributed by atoms with van der Waals surface area (Å²) in [5.41, 5.74) is 0.373. The highest BCUT2D eigenvalue weighted by molar-refractivity contribution is 5.62. The third-order valence-electron chi connectivity index (χ3n) is 2.94. The van der Waals surface area contributed by atoms with E-state index in [1.807, 2.05) is 0 Å². The van der Waals surface area contributed by atoms with Crippen molar-refractivity contribution in [3.05, 3.63) is 41.1 Å². The van der Waals surface area contributed by atoms with Gasteiger partial charge in [-0.1, -0.05) is 17.3 Å². The second-order valence-electron chi connectivity index (χ2n) is 4.43. The van der Waals surface area contributed by atoms with Crippen LogP contribution >= 0.6 is 0 Å². The maximum atomic E-state index is 12.5. The molecule has 0 atom stereocenters. The van der Waals surface area contributed by atoms with Crippen LogP contribution in [0.3, 0.4) is 0 Å². The molecule has 0 radical (unpaired) electrons.